The molecular formula is C17H22O4. The van der Waals surface area contributed by atoms with Gasteiger partial charge in [0.15, 0.2) is 11.5 Å². The lowest BCUT2D eigenvalue weighted by Crippen LogP contribution is -2.16. The van der Waals surface area contributed by atoms with Gasteiger partial charge in [0.05, 0.1) is 19.6 Å². The summed E-state index contributed by atoms with van der Waals surface area (Å²) in [5.74, 6) is 1.18. The molecule has 4 heteroatoms. The first-order valence-corrected chi connectivity index (χ1v) is 7.68. The van der Waals surface area contributed by atoms with Crippen LogP contribution in [-0.2, 0) is 10.2 Å². The van der Waals surface area contributed by atoms with Gasteiger partial charge < -0.3 is 14.6 Å². The minimum atomic E-state index is -0.727. The van der Waals surface area contributed by atoms with Crippen LogP contribution in [0, 0.1) is 0 Å². The molecule has 1 N–H and O–H groups in total. The lowest BCUT2D eigenvalue weighted by atomic mass is 9.84. The van der Waals surface area contributed by atoms with Crippen LogP contribution >= 0.6 is 0 Å². The summed E-state index contributed by atoms with van der Waals surface area (Å²) in [4.78, 5) is 11.2. The summed E-state index contributed by atoms with van der Waals surface area (Å²) in [6, 6.07) is 4.00. The van der Waals surface area contributed by atoms with Gasteiger partial charge in [0.2, 0.25) is 0 Å². The molecule has 0 amide bonds. The Labute approximate surface area is 125 Å². The molecule has 0 aromatic heterocycles. The Hall–Kier alpha value is -1.71. The molecule has 3 rings (SSSR count). The predicted molar refractivity (Wildman–Crippen MR) is 79.3 cm³/mol. The van der Waals surface area contributed by atoms with Crippen LogP contribution in [0.25, 0.3) is 0 Å². The average molecular weight is 290 g/mol. The molecule has 0 saturated heterocycles. The number of aliphatic carboxylic acids is 1. The predicted octanol–water partition coefficient (Wildman–Crippen LogP) is 3.48. The fourth-order valence-electron chi connectivity index (χ4n) is 3.27. The Kier molecular flexibility index (Phi) is 3.56. The maximum Gasteiger partial charge on any atom is 0.304 e. The molecule has 1 aromatic rings. The van der Waals surface area contributed by atoms with Crippen LogP contribution in [0.2, 0.25) is 0 Å². The molecule has 0 radical (unpaired) electrons. The number of fused-ring (bicyclic) bond motifs is 1. The van der Waals surface area contributed by atoms with E-state index in [4.69, 9.17) is 9.47 Å². The molecule has 114 valence electrons. The maximum atomic E-state index is 11.2. The standard InChI is InChI=1S/C17H22O4/c1-11(2)15-12(17(6-7-17)10-14(18)19)4-5-13-16(15)21-9-3-8-20-13/h4-5,11H,3,6-10H2,1-2H3,(H,18,19). The number of hydrogen-bond donors (Lipinski definition) is 1. The SMILES string of the molecule is CC(C)c1c(C2(CC(=O)O)CC2)ccc2c1OCCCO2. The van der Waals surface area contributed by atoms with Crippen molar-refractivity contribution in [1.29, 1.82) is 0 Å². The third-order valence-corrected chi connectivity index (χ3v) is 4.44. The number of carbonyl (C=O) groups is 1. The lowest BCUT2D eigenvalue weighted by molar-refractivity contribution is -0.137. The number of hydrogen-bond acceptors (Lipinski definition) is 3. The molecule has 1 saturated carbocycles. The number of rotatable bonds is 4. The van der Waals surface area contributed by atoms with Gasteiger partial charge in [-0.05, 0) is 30.4 Å². The highest BCUT2D eigenvalue weighted by molar-refractivity contribution is 5.71. The molecule has 1 heterocycles. The highest BCUT2D eigenvalue weighted by Crippen LogP contribution is 2.55. The summed E-state index contributed by atoms with van der Waals surface area (Å²) < 4.78 is 11.7. The Morgan fingerprint density at radius 3 is 2.62 bits per heavy atom. The third-order valence-electron chi connectivity index (χ3n) is 4.44. The molecular weight excluding hydrogens is 268 g/mol. The second-order valence-electron chi connectivity index (χ2n) is 6.41. The molecule has 1 aliphatic carbocycles. The van der Waals surface area contributed by atoms with Crippen LogP contribution in [0.15, 0.2) is 12.1 Å². The Morgan fingerprint density at radius 2 is 2.00 bits per heavy atom. The van der Waals surface area contributed by atoms with Crippen molar-refractivity contribution in [3.63, 3.8) is 0 Å². The lowest BCUT2D eigenvalue weighted by Gasteiger charge is -2.24. The molecule has 1 aromatic carbocycles. The highest BCUT2D eigenvalue weighted by Gasteiger charge is 2.48. The van der Waals surface area contributed by atoms with E-state index >= 15 is 0 Å². The minimum absolute atomic E-state index is 0.198. The molecule has 2 aliphatic rings. The summed E-state index contributed by atoms with van der Waals surface area (Å²) >= 11 is 0. The molecule has 0 bridgehead atoms. The Morgan fingerprint density at radius 1 is 1.29 bits per heavy atom. The highest BCUT2D eigenvalue weighted by atomic mass is 16.5. The van der Waals surface area contributed by atoms with Gasteiger partial charge in [0, 0.05) is 17.4 Å². The van der Waals surface area contributed by atoms with Crippen LogP contribution in [0.5, 0.6) is 11.5 Å². The summed E-state index contributed by atoms with van der Waals surface area (Å²) in [5.41, 5.74) is 2.08. The van der Waals surface area contributed by atoms with Gasteiger partial charge in [-0.25, -0.2) is 0 Å². The van der Waals surface area contributed by atoms with Crippen molar-refractivity contribution in [2.45, 2.75) is 50.9 Å². The fraction of sp³-hybridized carbons (Fsp3) is 0.588. The first-order chi connectivity index (χ1) is 10.0. The second-order valence-corrected chi connectivity index (χ2v) is 6.41. The molecule has 1 aliphatic heterocycles. The topological polar surface area (TPSA) is 55.8 Å². The molecule has 4 nitrogen and oxygen atoms in total. The zero-order valence-electron chi connectivity index (χ0n) is 12.6. The van der Waals surface area contributed by atoms with E-state index in [0.717, 1.165) is 41.9 Å². The first kappa shape index (κ1) is 14.2. The van der Waals surface area contributed by atoms with Gasteiger partial charge >= 0.3 is 5.97 Å². The molecule has 0 unspecified atom stereocenters. The first-order valence-electron chi connectivity index (χ1n) is 7.68. The van der Waals surface area contributed by atoms with E-state index in [1.165, 1.54) is 0 Å². The summed E-state index contributed by atoms with van der Waals surface area (Å²) in [7, 11) is 0. The van der Waals surface area contributed by atoms with Gasteiger partial charge in [-0.2, -0.15) is 0 Å². The largest absolute Gasteiger partial charge is 0.490 e. The number of carboxylic acid groups (broad SMARTS) is 1. The van der Waals surface area contributed by atoms with Crippen molar-refractivity contribution < 1.29 is 19.4 Å². The van der Waals surface area contributed by atoms with Crippen LogP contribution < -0.4 is 9.47 Å². The number of benzene rings is 1. The van der Waals surface area contributed by atoms with Crippen molar-refractivity contribution in [1.82, 2.24) is 0 Å². The van der Waals surface area contributed by atoms with Crippen LogP contribution in [-0.4, -0.2) is 24.3 Å². The molecule has 21 heavy (non-hydrogen) atoms. The van der Waals surface area contributed by atoms with Gasteiger partial charge in [0.25, 0.3) is 0 Å². The van der Waals surface area contributed by atoms with E-state index in [0.29, 0.717) is 13.2 Å². The normalized spacial score (nSPS) is 19.2. The van der Waals surface area contributed by atoms with E-state index in [1.807, 2.05) is 6.07 Å². The molecule has 0 atom stereocenters. The van der Waals surface area contributed by atoms with Crippen LogP contribution in [0.4, 0.5) is 0 Å². The average Bonchev–Trinajstić information content (AvgIpc) is 3.20. The molecule has 1 fully saturated rings. The Balaban J connectivity index is 2.09. The summed E-state index contributed by atoms with van der Waals surface area (Å²) in [6.07, 6.45) is 2.96. The second kappa shape index (κ2) is 5.24. The van der Waals surface area contributed by atoms with Crippen molar-refractivity contribution in [3.8, 4) is 11.5 Å². The van der Waals surface area contributed by atoms with Crippen molar-refractivity contribution in [2.75, 3.05) is 13.2 Å². The van der Waals surface area contributed by atoms with Crippen molar-refractivity contribution in [2.24, 2.45) is 0 Å². The smallest absolute Gasteiger partial charge is 0.304 e. The van der Waals surface area contributed by atoms with Crippen LogP contribution in [0.3, 0.4) is 0 Å². The zero-order chi connectivity index (χ0) is 15.0. The zero-order valence-corrected chi connectivity index (χ0v) is 12.6. The van der Waals surface area contributed by atoms with Gasteiger partial charge in [0.1, 0.15) is 0 Å². The van der Waals surface area contributed by atoms with Gasteiger partial charge in [-0.1, -0.05) is 19.9 Å². The quantitative estimate of drug-likeness (QED) is 0.922. The van der Waals surface area contributed by atoms with E-state index in [-0.39, 0.29) is 17.8 Å². The summed E-state index contributed by atoms with van der Waals surface area (Å²) in [6.45, 7) is 5.58. The van der Waals surface area contributed by atoms with Crippen molar-refractivity contribution >= 4 is 5.97 Å². The fourth-order valence-corrected chi connectivity index (χ4v) is 3.27. The van der Waals surface area contributed by atoms with E-state index < -0.39 is 5.97 Å². The minimum Gasteiger partial charge on any atom is -0.490 e. The Bertz CT molecular complexity index is 558. The number of ether oxygens (including phenoxy) is 2. The van der Waals surface area contributed by atoms with Crippen LogP contribution in [0.1, 0.15) is 56.6 Å². The molecule has 0 spiro atoms. The van der Waals surface area contributed by atoms with Gasteiger partial charge in [-0.15, -0.1) is 0 Å². The third kappa shape index (κ3) is 2.59. The monoisotopic (exact) mass is 290 g/mol. The van der Waals surface area contributed by atoms with E-state index in [1.54, 1.807) is 0 Å². The van der Waals surface area contributed by atoms with Crippen molar-refractivity contribution in [3.05, 3.63) is 23.3 Å². The van der Waals surface area contributed by atoms with E-state index in [9.17, 15) is 9.90 Å². The van der Waals surface area contributed by atoms with Gasteiger partial charge in [-0.3, -0.25) is 4.79 Å². The number of carboxylic acids is 1. The maximum absolute atomic E-state index is 11.2. The summed E-state index contributed by atoms with van der Waals surface area (Å²) in [5, 5.41) is 9.21. The van der Waals surface area contributed by atoms with E-state index in [2.05, 4.69) is 19.9 Å².